The van der Waals surface area contributed by atoms with Crippen molar-refractivity contribution in [3.05, 3.63) is 0 Å². The minimum Gasteiger partial charge on any atom is -0.130 e. The lowest BCUT2D eigenvalue weighted by Crippen LogP contribution is -1.70. The number of unbranched alkanes of at least 4 members (excludes halogenated alkanes) is 4. The largest absolute Gasteiger partial charge is 0.130 e. The third-order valence-corrected chi connectivity index (χ3v) is 1.21. The van der Waals surface area contributed by atoms with E-state index in [1.165, 1.54) is 38.5 Å². The summed E-state index contributed by atoms with van der Waals surface area (Å²) in [5, 5.41) is 0. The molecule has 1 heteroatoms. The molecule has 0 N–H and O–H groups in total. The highest BCUT2D eigenvalue weighted by atomic mass is 35.5. The summed E-state index contributed by atoms with van der Waals surface area (Å²) in [7, 11) is 0. The fraction of sp³-hybridized carbons (Fsp3) is 1.00. The van der Waals surface area contributed by atoms with E-state index in [1.807, 2.05) is 0 Å². The first-order valence-corrected chi connectivity index (χ1v) is 4.55. The van der Waals surface area contributed by atoms with Gasteiger partial charge in [-0.25, -0.2) is 0 Å². The zero-order valence-corrected chi connectivity index (χ0v) is 7.67. The molecule has 0 aliphatic heterocycles. The number of alkyl halides is 1. The minimum absolute atomic E-state index is 1.36. The number of halogens is 1. The zero-order chi connectivity index (χ0) is 7.54. The van der Waals surface area contributed by atoms with Crippen LogP contribution in [0.25, 0.3) is 0 Å². The first-order chi connectivity index (χ1) is 4.41. The molecule has 0 unspecified atom stereocenters. The van der Waals surface area contributed by atoms with Gasteiger partial charge >= 0.3 is 0 Å². The van der Waals surface area contributed by atoms with E-state index in [2.05, 4.69) is 25.4 Å². The molecule has 9 heavy (non-hydrogen) atoms. The zero-order valence-electron chi connectivity index (χ0n) is 6.91. The van der Waals surface area contributed by atoms with E-state index in [0.717, 1.165) is 0 Å². The number of rotatable bonds is 4. The fourth-order valence-electron chi connectivity index (χ4n) is 0.677. The maximum atomic E-state index is 4.64. The van der Waals surface area contributed by atoms with Gasteiger partial charge < -0.3 is 0 Å². The third-order valence-electron chi connectivity index (χ3n) is 1.21. The molecule has 0 aromatic rings. The van der Waals surface area contributed by atoms with Gasteiger partial charge in [-0.1, -0.05) is 46.0 Å². The van der Waals surface area contributed by atoms with Crippen LogP contribution in [0.15, 0.2) is 0 Å². The summed E-state index contributed by atoms with van der Waals surface area (Å²) in [5.41, 5.74) is 0. The van der Waals surface area contributed by atoms with E-state index in [1.54, 1.807) is 0 Å². The first kappa shape index (κ1) is 12.0. The van der Waals surface area contributed by atoms with Gasteiger partial charge in [0.1, 0.15) is 0 Å². The molecule has 0 aromatic carbocycles. The quantitative estimate of drug-likeness (QED) is 0.422. The molecule has 0 atom stereocenters. The number of hydrogen-bond acceptors (Lipinski definition) is 0. The Balaban J connectivity index is 0. The smallest absolute Gasteiger partial charge is 0.0108 e. The van der Waals surface area contributed by atoms with Gasteiger partial charge in [0.15, 0.2) is 0 Å². The van der Waals surface area contributed by atoms with Crippen LogP contribution in [-0.2, 0) is 0 Å². The van der Waals surface area contributed by atoms with Gasteiger partial charge in [-0.3, -0.25) is 0 Å². The minimum atomic E-state index is 1.36. The van der Waals surface area contributed by atoms with Crippen molar-refractivity contribution in [2.45, 2.75) is 46.0 Å². The van der Waals surface area contributed by atoms with Crippen molar-refractivity contribution in [2.24, 2.45) is 0 Å². The van der Waals surface area contributed by atoms with Gasteiger partial charge in [-0.15, -0.1) is 11.6 Å². The Hall–Kier alpha value is 0.290. The highest BCUT2D eigenvalue weighted by molar-refractivity contribution is 6.15. The van der Waals surface area contributed by atoms with E-state index in [-0.39, 0.29) is 0 Å². The van der Waals surface area contributed by atoms with Crippen molar-refractivity contribution in [2.75, 3.05) is 6.38 Å². The van der Waals surface area contributed by atoms with Crippen molar-refractivity contribution in [1.82, 2.24) is 0 Å². The Morgan fingerprint density at radius 1 is 0.778 bits per heavy atom. The third kappa shape index (κ3) is 17.8. The maximum absolute atomic E-state index is 4.64. The molecular formula is C8H19Cl. The molecule has 0 heterocycles. The highest BCUT2D eigenvalue weighted by Gasteiger charge is 1.80. The van der Waals surface area contributed by atoms with Crippen LogP contribution in [0.1, 0.15) is 46.0 Å². The molecule has 0 fully saturated rings. The predicted octanol–water partition coefficient (Wildman–Crippen LogP) is 3.83. The van der Waals surface area contributed by atoms with Crippen LogP contribution in [-0.4, -0.2) is 6.38 Å². The fourth-order valence-corrected chi connectivity index (χ4v) is 0.677. The molecule has 0 spiro atoms. The average Bonchev–Trinajstić information content (AvgIpc) is 1.94. The van der Waals surface area contributed by atoms with E-state index >= 15 is 0 Å². The van der Waals surface area contributed by atoms with Crippen LogP contribution in [0, 0.1) is 0 Å². The molecule has 0 saturated carbocycles. The summed E-state index contributed by atoms with van der Waals surface area (Å²) < 4.78 is 0. The molecule has 58 valence electrons. The second kappa shape index (κ2) is 15.7. The van der Waals surface area contributed by atoms with Crippen molar-refractivity contribution in [3.63, 3.8) is 0 Å². The molecule has 0 amide bonds. The van der Waals surface area contributed by atoms with Crippen LogP contribution >= 0.6 is 11.6 Å². The second-order valence-electron chi connectivity index (χ2n) is 2.06. The molecule has 0 aliphatic rings. The van der Waals surface area contributed by atoms with Gasteiger partial charge in [0.2, 0.25) is 0 Å². The molecular weight excluding hydrogens is 132 g/mol. The first-order valence-electron chi connectivity index (χ1n) is 3.79. The van der Waals surface area contributed by atoms with Gasteiger partial charge in [0.05, 0.1) is 0 Å². The Morgan fingerprint density at radius 2 is 1.11 bits per heavy atom. The summed E-state index contributed by atoms with van der Waals surface area (Å²) in [6, 6.07) is 0. The second-order valence-corrected chi connectivity index (χ2v) is 2.06. The van der Waals surface area contributed by atoms with Gasteiger partial charge in [-0.2, -0.15) is 0 Å². The Kier molecular flexibility index (Phi) is 21.0. The molecule has 0 saturated heterocycles. The van der Waals surface area contributed by atoms with Crippen LogP contribution < -0.4 is 0 Å². The molecule has 0 bridgehead atoms. The molecule has 0 aliphatic carbocycles. The molecule has 0 radical (unpaired) electrons. The van der Waals surface area contributed by atoms with Gasteiger partial charge in [0.25, 0.3) is 0 Å². The standard InChI is InChI=1S/C7H16.CH3Cl/c1-3-5-7-6-4-2;1-2/h3-7H2,1-2H3;1H3. The normalized spacial score (nSPS) is 8.00. The summed E-state index contributed by atoms with van der Waals surface area (Å²) >= 11 is 4.64. The molecule has 0 rings (SSSR count). The number of hydrogen-bond donors (Lipinski definition) is 0. The van der Waals surface area contributed by atoms with Crippen molar-refractivity contribution in [1.29, 1.82) is 0 Å². The monoisotopic (exact) mass is 150 g/mol. The summed E-state index contributed by atoms with van der Waals surface area (Å²) in [5.74, 6) is 0. The SMILES string of the molecule is CCCCCCC.CCl. The maximum Gasteiger partial charge on any atom is 0.0108 e. The lowest BCUT2D eigenvalue weighted by atomic mass is 10.2. The average molecular weight is 151 g/mol. The Morgan fingerprint density at radius 3 is 1.33 bits per heavy atom. The van der Waals surface area contributed by atoms with Crippen molar-refractivity contribution < 1.29 is 0 Å². The van der Waals surface area contributed by atoms with Crippen molar-refractivity contribution in [3.8, 4) is 0 Å². The lowest BCUT2D eigenvalue weighted by Gasteiger charge is -1.90. The Labute approximate surface area is 64.6 Å². The van der Waals surface area contributed by atoms with Crippen molar-refractivity contribution >= 4 is 11.6 Å². The van der Waals surface area contributed by atoms with Crippen LogP contribution in [0.4, 0.5) is 0 Å². The van der Waals surface area contributed by atoms with E-state index in [0.29, 0.717) is 0 Å². The summed E-state index contributed by atoms with van der Waals surface area (Å²) in [4.78, 5) is 0. The topological polar surface area (TPSA) is 0 Å². The predicted molar refractivity (Wildman–Crippen MR) is 46.2 cm³/mol. The van der Waals surface area contributed by atoms with E-state index < -0.39 is 0 Å². The van der Waals surface area contributed by atoms with Crippen LogP contribution in [0.5, 0.6) is 0 Å². The van der Waals surface area contributed by atoms with Gasteiger partial charge in [-0.05, 0) is 0 Å². The lowest BCUT2D eigenvalue weighted by molar-refractivity contribution is 0.656. The van der Waals surface area contributed by atoms with Crippen LogP contribution in [0.3, 0.4) is 0 Å². The Bertz CT molecular complexity index is 23.7. The van der Waals surface area contributed by atoms with E-state index in [4.69, 9.17) is 0 Å². The highest BCUT2D eigenvalue weighted by Crippen LogP contribution is 2.00. The van der Waals surface area contributed by atoms with E-state index in [9.17, 15) is 0 Å². The summed E-state index contributed by atoms with van der Waals surface area (Å²) in [6.07, 6.45) is 8.48. The summed E-state index contributed by atoms with van der Waals surface area (Å²) in [6.45, 7) is 4.49. The molecule has 0 nitrogen and oxygen atoms in total. The molecule has 0 aromatic heterocycles. The van der Waals surface area contributed by atoms with Gasteiger partial charge in [0, 0.05) is 6.38 Å². The van der Waals surface area contributed by atoms with Crippen LogP contribution in [0.2, 0.25) is 0 Å².